The summed E-state index contributed by atoms with van der Waals surface area (Å²) in [6.07, 6.45) is 2.24. The second-order valence-electron chi connectivity index (χ2n) is 6.85. The molecular formula is C21H22N2O4. The van der Waals surface area contributed by atoms with E-state index in [0.717, 1.165) is 42.7 Å². The Hall–Kier alpha value is -2.86. The fourth-order valence-corrected chi connectivity index (χ4v) is 3.62. The summed E-state index contributed by atoms with van der Waals surface area (Å²) in [5.74, 6) is -0.625. The van der Waals surface area contributed by atoms with Crippen LogP contribution in [0.25, 0.3) is 0 Å². The van der Waals surface area contributed by atoms with Crippen molar-refractivity contribution in [2.24, 2.45) is 0 Å². The van der Waals surface area contributed by atoms with Gasteiger partial charge >= 0.3 is 5.97 Å². The lowest BCUT2D eigenvalue weighted by molar-refractivity contribution is 0.0600. The van der Waals surface area contributed by atoms with Gasteiger partial charge in [-0.2, -0.15) is 0 Å². The molecule has 0 spiro atoms. The van der Waals surface area contributed by atoms with E-state index in [2.05, 4.69) is 10.2 Å². The fourth-order valence-electron chi connectivity index (χ4n) is 3.62. The van der Waals surface area contributed by atoms with Crippen molar-refractivity contribution in [3.05, 3.63) is 58.7 Å². The molecule has 0 radical (unpaired) electrons. The Kier molecular flexibility index (Phi) is 4.81. The van der Waals surface area contributed by atoms with Crippen LogP contribution in [0, 0.1) is 0 Å². The van der Waals surface area contributed by atoms with E-state index in [1.807, 2.05) is 24.3 Å². The number of esters is 1. The number of nitrogens with zero attached hydrogens (tertiary/aromatic N) is 1. The van der Waals surface area contributed by atoms with Gasteiger partial charge in [-0.3, -0.25) is 4.79 Å². The highest BCUT2D eigenvalue weighted by molar-refractivity contribution is 6.07. The Morgan fingerprint density at radius 1 is 1.00 bits per heavy atom. The van der Waals surface area contributed by atoms with E-state index in [9.17, 15) is 9.59 Å². The van der Waals surface area contributed by atoms with Gasteiger partial charge in [-0.05, 0) is 54.3 Å². The van der Waals surface area contributed by atoms with Crippen molar-refractivity contribution in [3.8, 4) is 0 Å². The summed E-state index contributed by atoms with van der Waals surface area (Å²) < 4.78 is 10.2. The van der Waals surface area contributed by atoms with Gasteiger partial charge in [0.1, 0.15) is 0 Å². The van der Waals surface area contributed by atoms with Gasteiger partial charge in [-0.25, -0.2) is 4.79 Å². The number of ether oxygens (including phenoxy) is 2. The third kappa shape index (κ3) is 3.53. The summed E-state index contributed by atoms with van der Waals surface area (Å²) in [5.41, 5.74) is 4.72. The lowest BCUT2D eigenvalue weighted by Crippen LogP contribution is -2.21. The summed E-state index contributed by atoms with van der Waals surface area (Å²) in [6, 6.07) is 10.9. The van der Waals surface area contributed by atoms with Gasteiger partial charge in [0.15, 0.2) is 0 Å². The first-order valence-electron chi connectivity index (χ1n) is 9.14. The van der Waals surface area contributed by atoms with Crippen LogP contribution in [0.1, 0.15) is 44.7 Å². The van der Waals surface area contributed by atoms with Crippen LogP contribution in [0.15, 0.2) is 36.4 Å². The second-order valence-corrected chi connectivity index (χ2v) is 6.85. The molecule has 6 nitrogen and oxygen atoms in total. The van der Waals surface area contributed by atoms with Gasteiger partial charge in [-0.15, -0.1) is 0 Å². The topological polar surface area (TPSA) is 67.9 Å². The summed E-state index contributed by atoms with van der Waals surface area (Å²) in [6.45, 7) is 3.01. The van der Waals surface area contributed by atoms with Crippen LogP contribution in [0.2, 0.25) is 0 Å². The molecule has 140 valence electrons. The van der Waals surface area contributed by atoms with Gasteiger partial charge in [0, 0.05) is 18.7 Å². The zero-order chi connectivity index (χ0) is 18.8. The van der Waals surface area contributed by atoms with Gasteiger partial charge in [0.2, 0.25) is 0 Å². The monoisotopic (exact) mass is 366 g/mol. The van der Waals surface area contributed by atoms with Crippen LogP contribution in [0.5, 0.6) is 0 Å². The summed E-state index contributed by atoms with van der Waals surface area (Å²) in [7, 11) is 1.35. The van der Waals surface area contributed by atoms with E-state index in [1.54, 1.807) is 12.1 Å². The van der Waals surface area contributed by atoms with E-state index in [-0.39, 0.29) is 5.91 Å². The zero-order valence-electron chi connectivity index (χ0n) is 15.3. The highest BCUT2D eigenvalue weighted by atomic mass is 16.5. The minimum absolute atomic E-state index is 0.202. The van der Waals surface area contributed by atoms with E-state index in [1.165, 1.54) is 7.11 Å². The van der Waals surface area contributed by atoms with Gasteiger partial charge in [0.25, 0.3) is 5.91 Å². The highest BCUT2D eigenvalue weighted by Gasteiger charge is 2.20. The smallest absolute Gasteiger partial charge is 0.337 e. The fraction of sp³-hybridized carbons (Fsp3) is 0.333. The van der Waals surface area contributed by atoms with Gasteiger partial charge in [0.05, 0.1) is 37.3 Å². The van der Waals surface area contributed by atoms with Gasteiger partial charge < -0.3 is 19.7 Å². The van der Waals surface area contributed by atoms with Crippen molar-refractivity contribution >= 4 is 23.3 Å². The molecule has 0 aliphatic carbocycles. The molecule has 0 bridgehead atoms. The van der Waals surface area contributed by atoms with Crippen molar-refractivity contribution in [1.29, 1.82) is 0 Å². The molecule has 0 saturated carbocycles. The predicted molar refractivity (Wildman–Crippen MR) is 102 cm³/mol. The third-order valence-corrected chi connectivity index (χ3v) is 5.10. The van der Waals surface area contributed by atoms with Crippen molar-refractivity contribution in [2.75, 3.05) is 30.4 Å². The van der Waals surface area contributed by atoms with E-state index < -0.39 is 5.97 Å². The van der Waals surface area contributed by atoms with Gasteiger partial charge in [-0.1, -0.05) is 6.07 Å². The Bertz CT molecular complexity index is 888. The van der Waals surface area contributed by atoms with Crippen LogP contribution in [-0.2, 0) is 22.7 Å². The largest absolute Gasteiger partial charge is 0.465 e. The average Bonchev–Trinajstić information content (AvgIpc) is 3.38. The normalized spacial score (nSPS) is 15.5. The lowest BCUT2D eigenvalue weighted by atomic mass is 10.1. The average molecular weight is 366 g/mol. The Morgan fingerprint density at radius 2 is 1.74 bits per heavy atom. The Morgan fingerprint density at radius 3 is 2.52 bits per heavy atom. The molecule has 0 aromatic heterocycles. The van der Waals surface area contributed by atoms with Crippen LogP contribution in [0.3, 0.4) is 0 Å². The molecule has 0 atom stereocenters. The van der Waals surface area contributed by atoms with Crippen molar-refractivity contribution in [3.63, 3.8) is 0 Å². The number of rotatable bonds is 4. The number of benzene rings is 2. The second kappa shape index (κ2) is 7.40. The summed E-state index contributed by atoms with van der Waals surface area (Å²) in [5, 5.41) is 2.99. The number of hydrogen-bond acceptors (Lipinski definition) is 5. The SMILES string of the molecule is COC(=O)c1ccc(N2CCCC2)c(NC(=O)c2ccc3c(c2)COC3)c1. The first-order chi connectivity index (χ1) is 13.2. The minimum Gasteiger partial charge on any atom is -0.465 e. The molecule has 2 aliphatic rings. The predicted octanol–water partition coefficient (Wildman–Crippen LogP) is 3.36. The van der Waals surface area contributed by atoms with Crippen LogP contribution >= 0.6 is 0 Å². The van der Waals surface area contributed by atoms with Crippen molar-refractivity contribution < 1.29 is 19.1 Å². The molecule has 1 saturated heterocycles. The molecule has 1 fully saturated rings. The third-order valence-electron chi connectivity index (χ3n) is 5.10. The number of carbonyl (C=O) groups excluding carboxylic acids is 2. The van der Waals surface area contributed by atoms with Crippen LogP contribution in [-0.4, -0.2) is 32.1 Å². The van der Waals surface area contributed by atoms with Crippen molar-refractivity contribution in [2.45, 2.75) is 26.1 Å². The Labute approximate surface area is 158 Å². The maximum atomic E-state index is 12.8. The first-order valence-corrected chi connectivity index (χ1v) is 9.14. The number of methoxy groups -OCH3 is 1. The number of amides is 1. The first kappa shape index (κ1) is 17.5. The van der Waals surface area contributed by atoms with E-state index >= 15 is 0 Å². The molecule has 1 amide bonds. The number of fused-ring (bicyclic) bond motifs is 1. The molecule has 27 heavy (non-hydrogen) atoms. The number of carbonyl (C=O) groups is 2. The lowest BCUT2D eigenvalue weighted by Gasteiger charge is -2.22. The van der Waals surface area contributed by atoms with E-state index in [4.69, 9.17) is 9.47 Å². The van der Waals surface area contributed by atoms with E-state index in [0.29, 0.717) is 30.0 Å². The Balaban J connectivity index is 1.64. The van der Waals surface area contributed by atoms with Crippen LogP contribution < -0.4 is 10.2 Å². The molecule has 1 N–H and O–H groups in total. The minimum atomic E-state index is -0.423. The van der Waals surface area contributed by atoms with Crippen molar-refractivity contribution in [1.82, 2.24) is 0 Å². The molecule has 2 heterocycles. The summed E-state index contributed by atoms with van der Waals surface area (Å²) in [4.78, 5) is 27.0. The number of hydrogen-bond donors (Lipinski definition) is 1. The maximum absolute atomic E-state index is 12.8. The molecule has 2 aliphatic heterocycles. The molecule has 0 unspecified atom stereocenters. The molecular weight excluding hydrogens is 344 g/mol. The molecule has 4 rings (SSSR count). The quantitative estimate of drug-likeness (QED) is 0.841. The maximum Gasteiger partial charge on any atom is 0.337 e. The highest BCUT2D eigenvalue weighted by Crippen LogP contribution is 2.31. The number of anilines is 2. The molecule has 2 aromatic rings. The number of nitrogens with one attached hydrogen (secondary N) is 1. The molecule has 6 heteroatoms. The van der Waals surface area contributed by atoms with Crippen LogP contribution in [0.4, 0.5) is 11.4 Å². The standard InChI is InChI=1S/C21H22N2O4/c1-26-21(25)15-6-7-19(23-8-2-3-9-23)18(11-15)22-20(24)14-4-5-16-12-27-13-17(16)10-14/h4-7,10-11H,2-3,8-9,12-13H2,1H3,(H,22,24). The molecule has 2 aromatic carbocycles. The summed E-state index contributed by atoms with van der Waals surface area (Å²) >= 11 is 0. The zero-order valence-corrected chi connectivity index (χ0v) is 15.3.